The van der Waals surface area contributed by atoms with Crippen LogP contribution >= 0.6 is 0 Å². The van der Waals surface area contributed by atoms with Crippen molar-refractivity contribution in [3.63, 3.8) is 0 Å². The predicted octanol–water partition coefficient (Wildman–Crippen LogP) is 4.68. The molecule has 0 N–H and O–H groups in total. The van der Waals surface area contributed by atoms with Crippen molar-refractivity contribution in [1.82, 2.24) is 0 Å². The molecule has 86 valence electrons. The highest BCUT2D eigenvalue weighted by molar-refractivity contribution is 5.25. The molecule has 0 saturated heterocycles. The molecule has 1 aliphatic rings. The second-order valence-corrected chi connectivity index (χ2v) is 4.71. The standard InChI is InChI=1S/C15H19F/c1-2-15(12-6-4-3-5-7-12)13-8-10-14(16)11-9-13/h2,8-12,15H,1,3-7H2/t15-/m1/s1. The highest BCUT2D eigenvalue weighted by atomic mass is 19.1. The van der Waals surface area contributed by atoms with Gasteiger partial charge in [-0.1, -0.05) is 37.5 Å². The van der Waals surface area contributed by atoms with Crippen LogP contribution in [0.2, 0.25) is 0 Å². The lowest BCUT2D eigenvalue weighted by atomic mass is 9.77. The van der Waals surface area contributed by atoms with Crippen molar-refractivity contribution < 1.29 is 4.39 Å². The summed E-state index contributed by atoms with van der Waals surface area (Å²) in [5, 5.41) is 0. The first kappa shape index (κ1) is 11.4. The molecule has 1 atom stereocenters. The zero-order valence-electron chi connectivity index (χ0n) is 9.66. The van der Waals surface area contributed by atoms with E-state index in [1.165, 1.54) is 37.7 Å². The van der Waals surface area contributed by atoms with Crippen LogP contribution in [0.15, 0.2) is 36.9 Å². The first-order chi connectivity index (χ1) is 7.81. The first-order valence-electron chi connectivity index (χ1n) is 6.19. The third kappa shape index (κ3) is 2.52. The normalized spacial score (nSPS) is 19.3. The Bertz CT molecular complexity index is 333. The Morgan fingerprint density at radius 2 is 1.75 bits per heavy atom. The van der Waals surface area contributed by atoms with Crippen LogP contribution in [0.1, 0.15) is 43.6 Å². The molecule has 0 heterocycles. The van der Waals surface area contributed by atoms with E-state index in [0.717, 1.165) is 0 Å². The molecule has 0 radical (unpaired) electrons. The van der Waals surface area contributed by atoms with E-state index >= 15 is 0 Å². The average molecular weight is 218 g/mol. The maximum Gasteiger partial charge on any atom is 0.123 e. The summed E-state index contributed by atoms with van der Waals surface area (Å²) in [7, 11) is 0. The lowest BCUT2D eigenvalue weighted by Gasteiger charge is -2.28. The summed E-state index contributed by atoms with van der Waals surface area (Å²) in [6.45, 7) is 3.94. The van der Waals surface area contributed by atoms with E-state index in [1.54, 1.807) is 12.1 Å². The summed E-state index contributed by atoms with van der Waals surface area (Å²) >= 11 is 0. The number of halogens is 1. The molecular formula is C15H19F. The Morgan fingerprint density at radius 3 is 2.31 bits per heavy atom. The van der Waals surface area contributed by atoms with Crippen LogP contribution in [0.3, 0.4) is 0 Å². The lowest BCUT2D eigenvalue weighted by Crippen LogP contribution is -2.14. The third-order valence-corrected chi connectivity index (χ3v) is 3.67. The zero-order valence-corrected chi connectivity index (χ0v) is 9.66. The van der Waals surface area contributed by atoms with Gasteiger partial charge < -0.3 is 0 Å². The number of hydrogen-bond donors (Lipinski definition) is 0. The molecule has 1 aromatic rings. The van der Waals surface area contributed by atoms with Gasteiger partial charge in [0.05, 0.1) is 0 Å². The van der Waals surface area contributed by atoms with E-state index in [4.69, 9.17) is 0 Å². The molecule has 16 heavy (non-hydrogen) atoms. The van der Waals surface area contributed by atoms with Gasteiger partial charge in [-0.15, -0.1) is 6.58 Å². The molecule has 1 aliphatic carbocycles. The molecule has 0 spiro atoms. The summed E-state index contributed by atoms with van der Waals surface area (Å²) in [6, 6.07) is 6.90. The fraction of sp³-hybridized carbons (Fsp3) is 0.467. The van der Waals surface area contributed by atoms with Gasteiger partial charge in [-0.05, 0) is 36.5 Å². The fourth-order valence-corrected chi connectivity index (χ4v) is 2.78. The Labute approximate surface area is 97.2 Å². The van der Waals surface area contributed by atoms with Crippen molar-refractivity contribution in [2.45, 2.75) is 38.0 Å². The maximum absolute atomic E-state index is 12.9. The number of rotatable bonds is 3. The Morgan fingerprint density at radius 1 is 1.12 bits per heavy atom. The van der Waals surface area contributed by atoms with Crippen molar-refractivity contribution in [2.24, 2.45) is 5.92 Å². The van der Waals surface area contributed by atoms with E-state index in [2.05, 4.69) is 6.58 Å². The molecule has 0 bridgehead atoms. The quantitative estimate of drug-likeness (QED) is 0.646. The van der Waals surface area contributed by atoms with Crippen LogP contribution in [0, 0.1) is 11.7 Å². The molecular weight excluding hydrogens is 199 g/mol. The van der Waals surface area contributed by atoms with Gasteiger partial charge in [-0.25, -0.2) is 4.39 Å². The molecule has 0 amide bonds. The summed E-state index contributed by atoms with van der Waals surface area (Å²) in [5.74, 6) is 0.952. The minimum Gasteiger partial charge on any atom is -0.207 e. The van der Waals surface area contributed by atoms with E-state index in [1.807, 2.05) is 18.2 Å². The van der Waals surface area contributed by atoms with Crippen LogP contribution in [0.4, 0.5) is 4.39 Å². The zero-order chi connectivity index (χ0) is 11.4. The van der Waals surface area contributed by atoms with Crippen molar-refractivity contribution >= 4 is 0 Å². The van der Waals surface area contributed by atoms with E-state index < -0.39 is 0 Å². The van der Waals surface area contributed by atoms with E-state index in [-0.39, 0.29) is 5.82 Å². The van der Waals surface area contributed by atoms with Crippen molar-refractivity contribution in [1.29, 1.82) is 0 Å². The minimum atomic E-state index is -0.157. The first-order valence-corrected chi connectivity index (χ1v) is 6.19. The molecule has 1 fully saturated rings. The molecule has 1 heteroatoms. The fourth-order valence-electron chi connectivity index (χ4n) is 2.78. The van der Waals surface area contributed by atoms with E-state index in [0.29, 0.717) is 11.8 Å². The number of benzene rings is 1. The highest BCUT2D eigenvalue weighted by Crippen LogP contribution is 2.36. The molecule has 1 saturated carbocycles. The van der Waals surface area contributed by atoms with Gasteiger partial charge in [0, 0.05) is 5.92 Å². The Kier molecular flexibility index (Phi) is 3.76. The molecule has 0 aromatic heterocycles. The molecule has 2 rings (SSSR count). The van der Waals surface area contributed by atoms with Crippen LogP contribution in [-0.4, -0.2) is 0 Å². The van der Waals surface area contributed by atoms with Crippen molar-refractivity contribution in [2.75, 3.05) is 0 Å². The van der Waals surface area contributed by atoms with Crippen LogP contribution in [-0.2, 0) is 0 Å². The second-order valence-electron chi connectivity index (χ2n) is 4.71. The van der Waals surface area contributed by atoms with Gasteiger partial charge in [0.15, 0.2) is 0 Å². The molecule has 0 nitrogen and oxygen atoms in total. The predicted molar refractivity (Wildman–Crippen MR) is 65.9 cm³/mol. The largest absolute Gasteiger partial charge is 0.207 e. The lowest BCUT2D eigenvalue weighted by molar-refractivity contribution is 0.332. The Balaban J connectivity index is 2.14. The number of allylic oxidation sites excluding steroid dienone is 1. The highest BCUT2D eigenvalue weighted by Gasteiger charge is 2.22. The van der Waals surface area contributed by atoms with Crippen molar-refractivity contribution in [3.8, 4) is 0 Å². The third-order valence-electron chi connectivity index (χ3n) is 3.67. The maximum atomic E-state index is 12.9. The molecule has 0 aliphatic heterocycles. The van der Waals surface area contributed by atoms with Gasteiger partial charge in [-0.3, -0.25) is 0 Å². The van der Waals surface area contributed by atoms with Gasteiger partial charge in [0.2, 0.25) is 0 Å². The summed E-state index contributed by atoms with van der Waals surface area (Å²) < 4.78 is 12.9. The van der Waals surface area contributed by atoms with Gasteiger partial charge >= 0.3 is 0 Å². The van der Waals surface area contributed by atoms with Gasteiger partial charge in [-0.2, -0.15) is 0 Å². The number of hydrogen-bond acceptors (Lipinski definition) is 0. The average Bonchev–Trinajstić information content (AvgIpc) is 2.34. The molecule has 1 aromatic carbocycles. The van der Waals surface area contributed by atoms with Gasteiger partial charge in [0.1, 0.15) is 5.82 Å². The smallest absolute Gasteiger partial charge is 0.123 e. The summed E-state index contributed by atoms with van der Waals surface area (Å²) in [5.41, 5.74) is 1.21. The second kappa shape index (κ2) is 5.29. The SMILES string of the molecule is C=C[C@@H](c1ccc(F)cc1)C1CCCCC1. The van der Waals surface area contributed by atoms with Crippen LogP contribution in [0.5, 0.6) is 0 Å². The van der Waals surface area contributed by atoms with Crippen molar-refractivity contribution in [3.05, 3.63) is 48.3 Å². The van der Waals surface area contributed by atoms with Crippen LogP contribution < -0.4 is 0 Å². The summed E-state index contributed by atoms with van der Waals surface area (Å²) in [4.78, 5) is 0. The molecule has 0 unspecified atom stereocenters. The monoisotopic (exact) mass is 218 g/mol. The Hall–Kier alpha value is -1.11. The van der Waals surface area contributed by atoms with Crippen LogP contribution in [0.25, 0.3) is 0 Å². The summed E-state index contributed by atoms with van der Waals surface area (Å²) in [6.07, 6.45) is 8.63. The van der Waals surface area contributed by atoms with Gasteiger partial charge in [0.25, 0.3) is 0 Å². The van der Waals surface area contributed by atoms with E-state index in [9.17, 15) is 4.39 Å². The minimum absolute atomic E-state index is 0.157. The topological polar surface area (TPSA) is 0 Å².